The van der Waals surface area contributed by atoms with Crippen LogP contribution in [0.4, 0.5) is 14.5 Å². The van der Waals surface area contributed by atoms with E-state index < -0.39 is 23.1 Å². The van der Waals surface area contributed by atoms with Gasteiger partial charge in [-0.25, -0.2) is 8.78 Å². The average molecular weight is 277 g/mol. The van der Waals surface area contributed by atoms with Crippen molar-refractivity contribution >= 4 is 11.6 Å². The molecule has 0 unspecified atom stereocenters. The summed E-state index contributed by atoms with van der Waals surface area (Å²) < 4.78 is 27.5. The number of aryl methyl sites for hydroxylation is 1. The smallest absolute Gasteiger partial charge is 0.261 e. The molecule has 20 heavy (non-hydrogen) atoms. The van der Waals surface area contributed by atoms with Crippen LogP contribution in [0.5, 0.6) is 5.75 Å². The van der Waals surface area contributed by atoms with E-state index >= 15 is 0 Å². The second kappa shape index (κ2) is 5.28. The first-order valence-electron chi connectivity index (χ1n) is 5.96. The molecule has 0 aliphatic heterocycles. The molecule has 2 aromatic rings. The highest BCUT2D eigenvalue weighted by Gasteiger charge is 2.19. The number of halogens is 2. The standard InChI is InChI=1S/C15H13F2NO2/c1-8-6-7-10(16)13(14(8)17)15(20)18-11-4-3-5-12(19)9(11)2/h3-7,19H,1-2H3,(H,18,20). The molecular weight excluding hydrogens is 264 g/mol. The third kappa shape index (κ3) is 2.47. The lowest BCUT2D eigenvalue weighted by molar-refractivity contribution is 0.101. The predicted octanol–water partition coefficient (Wildman–Crippen LogP) is 3.54. The molecule has 0 fully saturated rings. The van der Waals surface area contributed by atoms with Gasteiger partial charge in [-0.1, -0.05) is 12.1 Å². The van der Waals surface area contributed by atoms with Crippen molar-refractivity contribution in [3.8, 4) is 5.75 Å². The fourth-order valence-corrected chi connectivity index (χ4v) is 1.81. The molecule has 0 bridgehead atoms. The Morgan fingerprint density at radius 1 is 1.15 bits per heavy atom. The Hall–Kier alpha value is -2.43. The predicted molar refractivity (Wildman–Crippen MR) is 71.9 cm³/mol. The van der Waals surface area contributed by atoms with Crippen LogP contribution >= 0.6 is 0 Å². The van der Waals surface area contributed by atoms with E-state index in [1.165, 1.54) is 25.1 Å². The van der Waals surface area contributed by atoms with Gasteiger partial charge in [0.2, 0.25) is 0 Å². The van der Waals surface area contributed by atoms with Gasteiger partial charge in [0.15, 0.2) is 0 Å². The van der Waals surface area contributed by atoms with Crippen LogP contribution in [0.15, 0.2) is 30.3 Å². The third-order valence-electron chi connectivity index (χ3n) is 3.06. The number of hydrogen-bond donors (Lipinski definition) is 2. The normalized spacial score (nSPS) is 10.4. The Kier molecular flexibility index (Phi) is 3.70. The summed E-state index contributed by atoms with van der Waals surface area (Å²) in [6.45, 7) is 3.04. The zero-order valence-electron chi connectivity index (χ0n) is 11.0. The molecule has 1 amide bonds. The molecule has 3 nitrogen and oxygen atoms in total. The maximum absolute atomic E-state index is 13.8. The zero-order chi connectivity index (χ0) is 14.9. The molecule has 0 aliphatic rings. The average Bonchev–Trinajstić information content (AvgIpc) is 2.40. The molecule has 0 saturated carbocycles. The van der Waals surface area contributed by atoms with Gasteiger partial charge in [-0.2, -0.15) is 0 Å². The SMILES string of the molecule is Cc1ccc(F)c(C(=O)Nc2cccc(O)c2C)c1F. The van der Waals surface area contributed by atoms with Crippen LogP contribution in [0.3, 0.4) is 0 Å². The Morgan fingerprint density at radius 3 is 2.55 bits per heavy atom. The molecular formula is C15H13F2NO2. The van der Waals surface area contributed by atoms with Crippen molar-refractivity contribution in [2.45, 2.75) is 13.8 Å². The molecule has 0 aromatic heterocycles. The van der Waals surface area contributed by atoms with E-state index in [-0.39, 0.29) is 11.3 Å². The molecule has 0 radical (unpaired) electrons. The Labute approximate surface area is 114 Å². The minimum absolute atomic E-state index is 0.00649. The zero-order valence-corrected chi connectivity index (χ0v) is 11.0. The van der Waals surface area contributed by atoms with Crippen LogP contribution < -0.4 is 5.32 Å². The summed E-state index contributed by atoms with van der Waals surface area (Å²) in [6, 6.07) is 6.84. The lowest BCUT2D eigenvalue weighted by Gasteiger charge is -2.11. The fourth-order valence-electron chi connectivity index (χ4n) is 1.81. The number of anilines is 1. The van der Waals surface area contributed by atoms with Crippen LogP contribution in [0, 0.1) is 25.5 Å². The third-order valence-corrected chi connectivity index (χ3v) is 3.06. The van der Waals surface area contributed by atoms with Gasteiger partial charge in [0.25, 0.3) is 5.91 Å². The summed E-state index contributed by atoms with van der Waals surface area (Å²) >= 11 is 0. The summed E-state index contributed by atoms with van der Waals surface area (Å²) in [5.41, 5.74) is 0.279. The number of phenolic OH excluding ortho intramolecular Hbond substituents is 1. The number of phenols is 1. The van der Waals surface area contributed by atoms with Gasteiger partial charge < -0.3 is 10.4 Å². The first-order chi connectivity index (χ1) is 9.41. The van der Waals surface area contributed by atoms with Crippen molar-refractivity contribution in [3.63, 3.8) is 0 Å². The largest absolute Gasteiger partial charge is 0.508 e. The summed E-state index contributed by atoms with van der Waals surface area (Å²) in [4.78, 5) is 12.0. The number of amides is 1. The molecule has 5 heteroatoms. The number of rotatable bonds is 2. The van der Waals surface area contributed by atoms with E-state index in [0.29, 0.717) is 11.3 Å². The van der Waals surface area contributed by atoms with E-state index in [2.05, 4.69) is 5.32 Å². The van der Waals surface area contributed by atoms with Crippen LogP contribution in [-0.2, 0) is 0 Å². The van der Waals surface area contributed by atoms with Gasteiger partial charge >= 0.3 is 0 Å². The quantitative estimate of drug-likeness (QED) is 0.882. The molecule has 2 N–H and O–H groups in total. The monoisotopic (exact) mass is 277 g/mol. The number of benzene rings is 2. The molecule has 2 aromatic carbocycles. The van der Waals surface area contributed by atoms with Crippen LogP contribution in [0.2, 0.25) is 0 Å². The number of carbonyl (C=O) groups is 1. The summed E-state index contributed by atoms with van der Waals surface area (Å²) in [6.07, 6.45) is 0. The first-order valence-corrected chi connectivity index (χ1v) is 5.96. The summed E-state index contributed by atoms with van der Waals surface area (Å²) in [5.74, 6) is -2.71. The second-order valence-electron chi connectivity index (χ2n) is 4.46. The van der Waals surface area contributed by atoms with E-state index in [4.69, 9.17) is 0 Å². The minimum atomic E-state index is -0.927. The van der Waals surface area contributed by atoms with Crippen LogP contribution in [0.1, 0.15) is 21.5 Å². The molecule has 2 rings (SSSR count). The van der Waals surface area contributed by atoms with Crippen LogP contribution in [0.25, 0.3) is 0 Å². The highest BCUT2D eigenvalue weighted by Crippen LogP contribution is 2.25. The lowest BCUT2D eigenvalue weighted by atomic mass is 10.1. The Morgan fingerprint density at radius 2 is 1.85 bits per heavy atom. The number of hydrogen-bond acceptors (Lipinski definition) is 2. The number of carbonyl (C=O) groups excluding carboxylic acids is 1. The highest BCUT2D eigenvalue weighted by molar-refractivity contribution is 6.05. The van der Waals surface area contributed by atoms with E-state index in [1.807, 2.05) is 0 Å². The minimum Gasteiger partial charge on any atom is -0.508 e. The maximum Gasteiger partial charge on any atom is 0.261 e. The van der Waals surface area contributed by atoms with Crippen molar-refractivity contribution < 1.29 is 18.7 Å². The first kappa shape index (κ1) is 14.0. The Bertz CT molecular complexity index is 684. The molecule has 0 saturated heterocycles. The van der Waals surface area contributed by atoms with E-state index in [9.17, 15) is 18.7 Å². The van der Waals surface area contributed by atoms with Crippen molar-refractivity contribution in [1.29, 1.82) is 0 Å². The van der Waals surface area contributed by atoms with E-state index in [0.717, 1.165) is 6.07 Å². The van der Waals surface area contributed by atoms with Gasteiger partial charge in [0, 0.05) is 11.3 Å². The fraction of sp³-hybridized carbons (Fsp3) is 0.133. The number of aromatic hydroxyl groups is 1. The van der Waals surface area contributed by atoms with Crippen molar-refractivity contribution in [3.05, 3.63) is 58.7 Å². The second-order valence-corrected chi connectivity index (χ2v) is 4.46. The molecule has 104 valence electrons. The van der Waals surface area contributed by atoms with Crippen molar-refractivity contribution in [2.75, 3.05) is 5.32 Å². The van der Waals surface area contributed by atoms with Crippen molar-refractivity contribution in [2.24, 2.45) is 0 Å². The Balaban J connectivity index is 2.39. The number of nitrogens with one attached hydrogen (secondary N) is 1. The van der Waals surface area contributed by atoms with Gasteiger partial charge in [0.05, 0.1) is 0 Å². The summed E-state index contributed by atoms with van der Waals surface area (Å²) in [5, 5.41) is 11.9. The topological polar surface area (TPSA) is 49.3 Å². The molecule has 0 aliphatic carbocycles. The summed E-state index contributed by atoms with van der Waals surface area (Å²) in [7, 11) is 0. The van der Waals surface area contributed by atoms with Gasteiger partial charge in [-0.05, 0) is 37.6 Å². The van der Waals surface area contributed by atoms with E-state index in [1.54, 1.807) is 13.0 Å². The molecule has 0 atom stereocenters. The lowest BCUT2D eigenvalue weighted by Crippen LogP contribution is -2.17. The van der Waals surface area contributed by atoms with Crippen LogP contribution in [-0.4, -0.2) is 11.0 Å². The maximum atomic E-state index is 13.8. The van der Waals surface area contributed by atoms with Gasteiger partial charge in [0.1, 0.15) is 22.9 Å². The van der Waals surface area contributed by atoms with Crippen molar-refractivity contribution in [1.82, 2.24) is 0 Å². The van der Waals surface area contributed by atoms with Gasteiger partial charge in [-0.3, -0.25) is 4.79 Å². The molecule has 0 spiro atoms. The molecule has 0 heterocycles. The highest BCUT2D eigenvalue weighted by atomic mass is 19.1. The van der Waals surface area contributed by atoms with Gasteiger partial charge in [-0.15, -0.1) is 0 Å².